The molecule has 0 bridgehead atoms. The van der Waals surface area contributed by atoms with Crippen molar-refractivity contribution in [3.05, 3.63) is 0 Å². The maximum absolute atomic E-state index is 13.0. The Labute approximate surface area is 164 Å². The maximum Gasteiger partial charge on any atom is 0.309 e. The van der Waals surface area contributed by atoms with Gasteiger partial charge in [-0.2, -0.15) is 0 Å². The lowest BCUT2D eigenvalue weighted by Gasteiger charge is -2.47. The first-order valence-corrected chi connectivity index (χ1v) is 10.7. The van der Waals surface area contributed by atoms with Gasteiger partial charge >= 0.3 is 11.9 Å². The van der Waals surface area contributed by atoms with E-state index in [4.69, 9.17) is 9.47 Å². The van der Waals surface area contributed by atoms with Crippen LogP contribution in [0, 0.1) is 59.2 Å². The number of hydrogen-bond donors (Lipinski definition) is 0. The highest BCUT2D eigenvalue weighted by molar-refractivity contribution is 5.89. The van der Waals surface area contributed by atoms with Crippen molar-refractivity contribution in [3.8, 4) is 0 Å². The fourth-order valence-electron chi connectivity index (χ4n) is 8.26. The van der Waals surface area contributed by atoms with Crippen LogP contribution in [-0.2, 0) is 28.7 Å². The van der Waals surface area contributed by atoms with Gasteiger partial charge in [-0.25, -0.2) is 0 Å². The third kappa shape index (κ3) is 2.26. The molecule has 152 valence electrons. The van der Waals surface area contributed by atoms with Crippen LogP contribution in [0.25, 0.3) is 0 Å². The predicted molar refractivity (Wildman–Crippen MR) is 96.6 cm³/mol. The Morgan fingerprint density at radius 2 is 1.14 bits per heavy atom. The van der Waals surface area contributed by atoms with Gasteiger partial charge in [-0.05, 0) is 61.2 Å². The third-order valence-electron chi connectivity index (χ3n) is 8.96. The topological polar surface area (TPSA) is 86.7 Å². The van der Waals surface area contributed by atoms with Crippen molar-refractivity contribution in [1.82, 2.24) is 0 Å². The first-order valence-electron chi connectivity index (χ1n) is 10.7. The number of Topliss-reactive ketones (excluding diaryl/α,β-unsaturated/α-hetero) is 2. The van der Waals surface area contributed by atoms with Crippen molar-refractivity contribution < 1.29 is 28.7 Å². The molecule has 0 aromatic heterocycles. The molecule has 5 aliphatic rings. The fourth-order valence-corrected chi connectivity index (χ4v) is 8.26. The minimum absolute atomic E-state index is 0.140. The average Bonchev–Trinajstić information content (AvgIpc) is 3.42. The van der Waals surface area contributed by atoms with Crippen LogP contribution in [0.5, 0.6) is 0 Å². The SMILES string of the molecule is COC(=O)C1[C@@H](C(=O)OC)C2C3C(=O)CCC3CC2[C@H]2C[C@H]3CCC(=O)[C@H]3[C@@H]12. The number of carbonyl (C=O) groups is 4. The number of methoxy groups -OCH3 is 2. The lowest BCUT2D eigenvalue weighted by molar-refractivity contribution is -0.173. The van der Waals surface area contributed by atoms with Crippen molar-refractivity contribution in [2.24, 2.45) is 59.2 Å². The summed E-state index contributed by atoms with van der Waals surface area (Å²) in [5.41, 5.74) is 0. The molecular weight excluding hydrogens is 360 g/mol. The molecule has 6 nitrogen and oxygen atoms in total. The van der Waals surface area contributed by atoms with E-state index in [1.807, 2.05) is 0 Å². The Morgan fingerprint density at radius 1 is 0.750 bits per heavy atom. The van der Waals surface area contributed by atoms with Gasteiger partial charge in [-0.3, -0.25) is 19.2 Å². The monoisotopic (exact) mass is 388 g/mol. The summed E-state index contributed by atoms with van der Waals surface area (Å²) in [5.74, 6) is -1.20. The highest BCUT2D eigenvalue weighted by Crippen LogP contribution is 2.67. The van der Waals surface area contributed by atoms with E-state index in [0.29, 0.717) is 24.7 Å². The zero-order valence-electron chi connectivity index (χ0n) is 16.5. The van der Waals surface area contributed by atoms with Crippen LogP contribution in [0.4, 0.5) is 0 Å². The van der Waals surface area contributed by atoms with Gasteiger partial charge in [0.25, 0.3) is 0 Å². The first kappa shape index (κ1) is 18.3. The lowest BCUT2D eigenvalue weighted by atomic mass is 9.55. The molecule has 0 heterocycles. The summed E-state index contributed by atoms with van der Waals surface area (Å²) < 4.78 is 10.3. The number of ketones is 2. The van der Waals surface area contributed by atoms with E-state index in [0.717, 1.165) is 25.7 Å². The molecule has 0 aromatic carbocycles. The predicted octanol–water partition coefficient (Wildman–Crippen LogP) is 2.04. The second kappa shape index (κ2) is 6.39. The van der Waals surface area contributed by atoms with E-state index in [1.54, 1.807) is 0 Å². The van der Waals surface area contributed by atoms with E-state index >= 15 is 0 Å². The molecular formula is C22H28O6. The molecule has 0 spiro atoms. The molecule has 5 fully saturated rings. The van der Waals surface area contributed by atoms with Gasteiger partial charge in [0.1, 0.15) is 11.6 Å². The molecule has 0 aromatic rings. The Hall–Kier alpha value is -1.72. The molecule has 0 N–H and O–H groups in total. The summed E-state index contributed by atoms with van der Waals surface area (Å²) in [6.07, 6.45) is 4.81. The molecule has 28 heavy (non-hydrogen) atoms. The molecule has 0 saturated heterocycles. The number of ether oxygens (including phenoxy) is 2. The van der Waals surface area contributed by atoms with Crippen LogP contribution in [0.1, 0.15) is 38.5 Å². The zero-order valence-corrected chi connectivity index (χ0v) is 16.5. The molecule has 5 saturated carbocycles. The molecule has 6 heteroatoms. The van der Waals surface area contributed by atoms with E-state index in [1.165, 1.54) is 14.2 Å². The van der Waals surface area contributed by atoms with Gasteiger partial charge in [-0.15, -0.1) is 0 Å². The normalized spacial score (nSPS) is 48.6. The Balaban J connectivity index is 1.63. The van der Waals surface area contributed by atoms with Crippen LogP contribution in [0.2, 0.25) is 0 Å². The first-order chi connectivity index (χ1) is 13.5. The van der Waals surface area contributed by atoms with Crippen molar-refractivity contribution in [2.75, 3.05) is 14.2 Å². The summed E-state index contributed by atoms with van der Waals surface area (Å²) in [7, 11) is 2.69. The Morgan fingerprint density at radius 3 is 1.50 bits per heavy atom. The van der Waals surface area contributed by atoms with Gasteiger partial charge in [0.2, 0.25) is 0 Å². The lowest BCUT2D eigenvalue weighted by Crippen LogP contribution is -2.53. The van der Waals surface area contributed by atoms with Gasteiger partial charge in [-0.1, -0.05) is 0 Å². The molecule has 5 unspecified atom stereocenters. The summed E-state index contributed by atoms with van der Waals surface area (Å²) >= 11 is 0. The van der Waals surface area contributed by atoms with Crippen LogP contribution in [0.15, 0.2) is 0 Å². The van der Waals surface area contributed by atoms with Crippen molar-refractivity contribution in [2.45, 2.75) is 38.5 Å². The van der Waals surface area contributed by atoms with Crippen molar-refractivity contribution in [1.29, 1.82) is 0 Å². The highest BCUT2D eigenvalue weighted by Gasteiger charge is 2.68. The van der Waals surface area contributed by atoms with Crippen LogP contribution < -0.4 is 0 Å². The van der Waals surface area contributed by atoms with E-state index in [9.17, 15) is 19.2 Å². The number of fused-ring (bicyclic) bond motifs is 7. The summed E-state index contributed by atoms with van der Waals surface area (Å²) in [5, 5.41) is 0. The van der Waals surface area contributed by atoms with Gasteiger partial charge < -0.3 is 9.47 Å². The maximum atomic E-state index is 13.0. The number of hydrogen-bond acceptors (Lipinski definition) is 6. The van der Waals surface area contributed by atoms with Crippen molar-refractivity contribution in [3.63, 3.8) is 0 Å². The van der Waals surface area contributed by atoms with Gasteiger partial charge in [0, 0.05) is 24.7 Å². The molecule has 0 radical (unpaired) electrons. The zero-order chi connectivity index (χ0) is 19.7. The minimum atomic E-state index is -0.673. The molecule has 0 amide bonds. The van der Waals surface area contributed by atoms with Gasteiger partial charge in [0.15, 0.2) is 0 Å². The van der Waals surface area contributed by atoms with E-state index in [2.05, 4.69) is 0 Å². The number of rotatable bonds is 2. The van der Waals surface area contributed by atoms with Gasteiger partial charge in [0.05, 0.1) is 26.1 Å². The highest BCUT2D eigenvalue weighted by atomic mass is 16.5. The smallest absolute Gasteiger partial charge is 0.309 e. The molecule has 10 atom stereocenters. The van der Waals surface area contributed by atoms with Crippen LogP contribution >= 0.6 is 0 Å². The summed E-state index contributed by atoms with van der Waals surface area (Å²) in [6.45, 7) is 0. The van der Waals surface area contributed by atoms with E-state index in [-0.39, 0.29) is 47.1 Å². The minimum Gasteiger partial charge on any atom is -0.469 e. The quantitative estimate of drug-likeness (QED) is 0.673. The van der Waals surface area contributed by atoms with Crippen LogP contribution in [-0.4, -0.2) is 37.7 Å². The molecule has 5 aliphatic carbocycles. The fraction of sp³-hybridized carbons (Fsp3) is 0.818. The average molecular weight is 388 g/mol. The molecule has 0 aliphatic heterocycles. The Bertz CT molecular complexity index is 681. The number of esters is 2. The standard InChI is InChI=1S/C22H28O6/c1-27-21(25)19-17-11(7-9-3-5-13(23)15(9)17)12-8-10-4-6-14(24)16(10)18(12)20(19)22(26)28-2/h9-12,15-20H,3-8H2,1-2H3/t9-,10?,11-,12?,15+,16?,17+,18?,19?,20+/m1/s1. The second-order valence-corrected chi connectivity index (χ2v) is 9.63. The Kier molecular flexibility index (Phi) is 4.18. The van der Waals surface area contributed by atoms with E-state index < -0.39 is 23.8 Å². The second-order valence-electron chi connectivity index (χ2n) is 9.63. The molecule has 5 rings (SSSR count). The van der Waals surface area contributed by atoms with Crippen molar-refractivity contribution >= 4 is 23.5 Å². The summed E-state index contributed by atoms with van der Waals surface area (Å²) in [4.78, 5) is 51.4. The third-order valence-corrected chi connectivity index (χ3v) is 8.96. The van der Waals surface area contributed by atoms with Crippen LogP contribution in [0.3, 0.4) is 0 Å². The number of carbonyl (C=O) groups excluding carboxylic acids is 4. The summed E-state index contributed by atoms with van der Waals surface area (Å²) in [6, 6.07) is 0. The largest absolute Gasteiger partial charge is 0.469 e.